The summed E-state index contributed by atoms with van der Waals surface area (Å²) >= 11 is 0. The molecule has 3 saturated heterocycles. The van der Waals surface area contributed by atoms with Crippen molar-refractivity contribution in [2.75, 3.05) is 44.2 Å². The molecule has 0 spiro atoms. The van der Waals surface area contributed by atoms with Gasteiger partial charge in [-0.3, -0.25) is 4.98 Å². The van der Waals surface area contributed by atoms with Crippen LogP contribution in [0.4, 0.5) is 19.0 Å². The number of piperidine rings is 1. The van der Waals surface area contributed by atoms with Gasteiger partial charge < -0.3 is 25.0 Å². The number of ether oxygens (including phenoxy) is 1. The van der Waals surface area contributed by atoms with E-state index in [-0.39, 0.29) is 44.9 Å². The molecule has 5 heterocycles. The number of hydrogen-bond acceptors (Lipinski definition) is 8. The number of aromatic hydroxyl groups is 1. The maximum atomic E-state index is 16.8. The minimum Gasteiger partial charge on any atom is -0.508 e. The van der Waals surface area contributed by atoms with E-state index in [0.29, 0.717) is 61.2 Å². The van der Waals surface area contributed by atoms with Gasteiger partial charge in [0.1, 0.15) is 34.8 Å². The Morgan fingerprint density at radius 1 is 1.07 bits per heavy atom. The number of anilines is 1. The van der Waals surface area contributed by atoms with Crippen LogP contribution >= 0.6 is 0 Å². The first kappa shape index (κ1) is 29.3. The molecule has 2 aromatic heterocycles. The molecule has 0 radical (unpaired) electrons. The molecule has 2 bridgehead atoms. The number of pyridine rings is 1. The second-order valence-electron chi connectivity index (χ2n) is 13.5. The Morgan fingerprint density at radius 2 is 1.83 bits per heavy atom. The standard InChI is InChI=1S/C35H35F3N6O2/c1-2-25-28(37)6-3-20-13-24(45)14-26(29(20)25)31-30(38)32-27(15-39-31)33(44-16-22-4-5-23(17-44)40-22)42-34(41-32)46-19-35(9-10-35)18-43-11-7-21(36)8-12-43/h1,3,6,13-15,21-23,40,45H,4-5,7-12,16-19H2. The van der Waals surface area contributed by atoms with Crippen molar-refractivity contribution in [3.63, 3.8) is 0 Å². The fourth-order valence-electron chi connectivity index (χ4n) is 7.51. The molecular weight excluding hydrogens is 593 g/mol. The molecular formula is C35H35F3N6O2. The van der Waals surface area contributed by atoms with E-state index in [1.807, 2.05) is 0 Å². The molecule has 4 aliphatic rings. The Labute approximate surface area is 265 Å². The molecule has 238 valence electrons. The molecule has 4 fully saturated rings. The molecule has 46 heavy (non-hydrogen) atoms. The number of phenolic OH excluding ortho intramolecular Hbond substituents is 1. The van der Waals surface area contributed by atoms with Gasteiger partial charge in [-0.25, -0.2) is 13.2 Å². The first-order valence-electron chi connectivity index (χ1n) is 16.1. The number of phenols is 1. The smallest absolute Gasteiger partial charge is 0.319 e. The van der Waals surface area contributed by atoms with Gasteiger partial charge >= 0.3 is 6.01 Å². The first-order valence-corrected chi connectivity index (χ1v) is 16.1. The van der Waals surface area contributed by atoms with E-state index in [1.165, 1.54) is 24.3 Å². The fraction of sp³-hybridized carbons (Fsp3) is 0.457. The Bertz CT molecular complexity index is 1870. The summed E-state index contributed by atoms with van der Waals surface area (Å²) < 4.78 is 51.6. The maximum absolute atomic E-state index is 16.8. The van der Waals surface area contributed by atoms with Crippen LogP contribution in [0.5, 0.6) is 11.8 Å². The van der Waals surface area contributed by atoms with Gasteiger partial charge in [0.05, 0.1) is 17.6 Å². The van der Waals surface area contributed by atoms with Crippen LogP contribution in [-0.2, 0) is 0 Å². The van der Waals surface area contributed by atoms with E-state index in [1.54, 1.807) is 6.20 Å². The molecule has 3 aliphatic heterocycles. The third-order valence-corrected chi connectivity index (χ3v) is 10.2. The number of fused-ring (bicyclic) bond motifs is 4. The number of alkyl halides is 1. The summed E-state index contributed by atoms with van der Waals surface area (Å²) in [4.78, 5) is 18.4. The summed E-state index contributed by atoms with van der Waals surface area (Å²) in [6.07, 6.45) is 11.7. The van der Waals surface area contributed by atoms with Crippen molar-refractivity contribution < 1.29 is 23.0 Å². The van der Waals surface area contributed by atoms with Crippen molar-refractivity contribution in [1.29, 1.82) is 0 Å². The zero-order valence-electron chi connectivity index (χ0n) is 25.4. The van der Waals surface area contributed by atoms with Gasteiger partial charge in [0.15, 0.2) is 5.82 Å². The third kappa shape index (κ3) is 5.27. The summed E-state index contributed by atoms with van der Waals surface area (Å²) in [5, 5.41) is 15.3. The Kier molecular flexibility index (Phi) is 7.18. The van der Waals surface area contributed by atoms with Gasteiger partial charge in [-0.15, -0.1) is 6.42 Å². The quantitative estimate of drug-likeness (QED) is 0.265. The normalized spacial score (nSPS) is 22.8. The number of benzene rings is 2. The van der Waals surface area contributed by atoms with Crippen molar-refractivity contribution in [3.05, 3.63) is 47.7 Å². The lowest BCUT2D eigenvalue weighted by Crippen LogP contribution is -2.51. The lowest BCUT2D eigenvalue weighted by atomic mass is 9.96. The van der Waals surface area contributed by atoms with Crippen LogP contribution in [0.1, 0.15) is 44.1 Å². The van der Waals surface area contributed by atoms with Crippen LogP contribution in [0.25, 0.3) is 32.9 Å². The van der Waals surface area contributed by atoms with Crippen LogP contribution in [0, 0.1) is 29.4 Å². The van der Waals surface area contributed by atoms with Gasteiger partial charge in [0.25, 0.3) is 0 Å². The second-order valence-corrected chi connectivity index (χ2v) is 13.5. The topological polar surface area (TPSA) is 86.6 Å². The molecule has 8 nitrogen and oxygen atoms in total. The number of likely N-dealkylation sites (tertiary alicyclic amines) is 1. The number of terminal acetylenes is 1. The zero-order chi connectivity index (χ0) is 31.6. The summed E-state index contributed by atoms with van der Waals surface area (Å²) in [5.74, 6) is 1.44. The van der Waals surface area contributed by atoms with E-state index >= 15 is 4.39 Å². The van der Waals surface area contributed by atoms with E-state index in [9.17, 15) is 13.9 Å². The average molecular weight is 629 g/mol. The molecule has 2 unspecified atom stereocenters. The van der Waals surface area contributed by atoms with E-state index in [4.69, 9.17) is 16.1 Å². The summed E-state index contributed by atoms with van der Waals surface area (Å²) in [5.41, 5.74) is -0.0163. The molecule has 11 heteroatoms. The number of halogens is 3. The van der Waals surface area contributed by atoms with Gasteiger partial charge in [-0.2, -0.15) is 9.97 Å². The Morgan fingerprint density at radius 3 is 2.54 bits per heavy atom. The zero-order valence-corrected chi connectivity index (χ0v) is 25.4. The summed E-state index contributed by atoms with van der Waals surface area (Å²) in [6.45, 7) is 4.09. The molecule has 1 aliphatic carbocycles. The van der Waals surface area contributed by atoms with Crippen molar-refractivity contribution >= 4 is 27.5 Å². The largest absolute Gasteiger partial charge is 0.508 e. The number of aromatic nitrogens is 3. The molecule has 2 N–H and O–H groups in total. The number of rotatable bonds is 7. The highest BCUT2D eigenvalue weighted by Gasteiger charge is 2.45. The van der Waals surface area contributed by atoms with E-state index in [2.05, 4.69) is 31.0 Å². The predicted octanol–water partition coefficient (Wildman–Crippen LogP) is 5.34. The summed E-state index contributed by atoms with van der Waals surface area (Å²) in [6, 6.07) is 6.21. The Hall–Kier alpha value is -4.14. The van der Waals surface area contributed by atoms with Crippen LogP contribution < -0.4 is 15.0 Å². The fourth-order valence-corrected chi connectivity index (χ4v) is 7.51. The molecule has 2 aromatic carbocycles. The van der Waals surface area contributed by atoms with Crippen molar-refractivity contribution in [3.8, 4) is 35.4 Å². The minimum atomic E-state index is -0.738. The molecule has 1 saturated carbocycles. The second kappa shape index (κ2) is 11.3. The van der Waals surface area contributed by atoms with Crippen LogP contribution in [0.2, 0.25) is 0 Å². The number of nitrogens with one attached hydrogen (secondary N) is 1. The molecule has 0 amide bonds. The lowest BCUT2D eigenvalue weighted by Gasteiger charge is -2.34. The third-order valence-electron chi connectivity index (χ3n) is 10.2. The van der Waals surface area contributed by atoms with Gasteiger partial charge in [-0.05, 0) is 62.1 Å². The highest BCUT2D eigenvalue weighted by Crippen LogP contribution is 2.47. The first-order chi connectivity index (χ1) is 22.3. The number of nitrogens with zero attached hydrogens (tertiary/aromatic N) is 5. The van der Waals surface area contributed by atoms with Crippen molar-refractivity contribution in [2.24, 2.45) is 5.41 Å². The Balaban J connectivity index is 1.20. The van der Waals surface area contributed by atoms with Crippen LogP contribution in [0.3, 0.4) is 0 Å². The molecule has 8 rings (SSSR count). The minimum absolute atomic E-state index is 0.0286. The van der Waals surface area contributed by atoms with Crippen molar-refractivity contribution in [1.82, 2.24) is 25.2 Å². The van der Waals surface area contributed by atoms with Gasteiger partial charge in [0, 0.05) is 67.4 Å². The number of hydrogen-bond donors (Lipinski definition) is 2. The monoisotopic (exact) mass is 628 g/mol. The van der Waals surface area contributed by atoms with E-state index < -0.39 is 17.8 Å². The average Bonchev–Trinajstić information content (AvgIpc) is 3.74. The summed E-state index contributed by atoms with van der Waals surface area (Å²) in [7, 11) is 0. The van der Waals surface area contributed by atoms with Gasteiger partial charge in [0.2, 0.25) is 0 Å². The predicted molar refractivity (Wildman–Crippen MR) is 170 cm³/mol. The highest BCUT2D eigenvalue weighted by atomic mass is 19.1. The van der Waals surface area contributed by atoms with E-state index in [0.717, 1.165) is 45.3 Å². The maximum Gasteiger partial charge on any atom is 0.319 e. The van der Waals surface area contributed by atoms with Crippen LogP contribution in [-0.4, -0.2) is 82.5 Å². The molecule has 4 aromatic rings. The lowest BCUT2D eigenvalue weighted by molar-refractivity contribution is 0.107. The van der Waals surface area contributed by atoms with Crippen LogP contribution in [0.15, 0.2) is 30.5 Å². The number of piperazine rings is 1. The highest BCUT2D eigenvalue weighted by molar-refractivity contribution is 6.03. The molecule has 2 atom stereocenters. The van der Waals surface area contributed by atoms with Crippen molar-refractivity contribution in [2.45, 2.75) is 56.8 Å². The van der Waals surface area contributed by atoms with Gasteiger partial charge in [-0.1, -0.05) is 12.0 Å². The SMILES string of the molecule is C#Cc1c(F)ccc2cc(O)cc(-c3ncc4c(N5CC6CCC(C5)N6)nc(OCC5(CN6CCC(F)CC6)CC5)nc4c3F)c12.